The third-order valence-electron chi connectivity index (χ3n) is 4.49. The van der Waals surface area contributed by atoms with E-state index in [0.717, 1.165) is 17.3 Å². The zero-order valence-electron chi connectivity index (χ0n) is 16.1. The largest absolute Gasteiger partial charge is 0.428 e. The third-order valence-corrected chi connectivity index (χ3v) is 7.29. The highest BCUT2D eigenvalue weighted by Gasteiger charge is 2.28. The quantitative estimate of drug-likeness (QED) is 0.349. The molecule has 0 aliphatic rings. The van der Waals surface area contributed by atoms with Crippen molar-refractivity contribution in [3.8, 4) is 11.5 Å². The summed E-state index contributed by atoms with van der Waals surface area (Å²) in [7, 11) is -3.90. The summed E-state index contributed by atoms with van der Waals surface area (Å²) in [5.74, 6) is 0.0725. The minimum atomic E-state index is -3.90. The van der Waals surface area contributed by atoms with Gasteiger partial charge in [0.15, 0.2) is 0 Å². The van der Waals surface area contributed by atoms with E-state index in [2.05, 4.69) is 4.98 Å². The van der Waals surface area contributed by atoms with Crippen LogP contribution in [0.4, 0.5) is 4.39 Å². The number of oxazole rings is 1. The summed E-state index contributed by atoms with van der Waals surface area (Å²) in [5, 5.41) is -0.0247. The molecule has 0 saturated carbocycles. The molecule has 0 fully saturated rings. The summed E-state index contributed by atoms with van der Waals surface area (Å²) in [4.78, 5) is 4.45. The maximum absolute atomic E-state index is 14.0. The minimum Gasteiger partial charge on any atom is -0.428 e. The molecule has 0 radical (unpaired) electrons. The number of rotatable bonds is 6. The van der Waals surface area contributed by atoms with Crippen LogP contribution < -0.4 is 0 Å². The van der Waals surface area contributed by atoms with Gasteiger partial charge in [-0.3, -0.25) is 0 Å². The Morgan fingerprint density at radius 2 is 1.60 bits per heavy atom. The predicted molar refractivity (Wildman–Crippen MR) is 115 cm³/mol. The number of hydrogen-bond donors (Lipinski definition) is 0. The summed E-state index contributed by atoms with van der Waals surface area (Å²) in [6.07, 6.45) is 0. The fraction of sp³-hybridized carbons (Fsp3) is 0.0870. The topological polar surface area (TPSA) is 60.2 Å². The molecule has 152 valence electrons. The van der Waals surface area contributed by atoms with Gasteiger partial charge < -0.3 is 4.42 Å². The molecule has 0 unspecified atom stereocenters. The molecule has 0 spiro atoms. The molecule has 0 amide bonds. The van der Waals surface area contributed by atoms with E-state index in [-0.39, 0.29) is 32.5 Å². The minimum absolute atomic E-state index is 0.126. The van der Waals surface area contributed by atoms with Gasteiger partial charge >= 0.3 is 0 Å². The Kier molecular flexibility index (Phi) is 5.74. The molecule has 4 rings (SSSR count). The first kappa shape index (κ1) is 20.4. The predicted octanol–water partition coefficient (Wildman–Crippen LogP) is 5.91. The van der Waals surface area contributed by atoms with Crippen molar-refractivity contribution in [2.24, 2.45) is 0 Å². The first-order valence-electron chi connectivity index (χ1n) is 9.19. The number of thioether (sulfide) groups is 1. The molecule has 3 aromatic carbocycles. The van der Waals surface area contributed by atoms with E-state index in [1.165, 1.54) is 18.2 Å². The van der Waals surface area contributed by atoms with Crippen LogP contribution in [-0.2, 0) is 15.6 Å². The van der Waals surface area contributed by atoms with Crippen LogP contribution in [0.1, 0.15) is 11.1 Å². The zero-order valence-corrected chi connectivity index (χ0v) is 17.7. The number of aryl methyl sites for hydroxylation is 1. The van der Waals surface area contributed by atoms with Crippen LogP contribution in [0.15, 0.2) is 98.3 Å². The van der Waals surface area contributed by atoms with Crippen LogP contribution in [0.2, 0.25) is 0 Å². The van der Waals surface area contributed by atoms with E-state index in [0.29, 0.717) is 11.1 Å². The lowest BCUT2D eigenvalue weighted by molar-refractivity contribution is 0.470. The van der Waals surface area contributed by atoms with E-state index in [1.807, 2.05) is 31.2 Å². The lowest BCUT2D eigenvalue weighted by Crippen LogP contribution is -2.03. The average molecular weight is 440 g/mol. The van der Waals surface area contributed by atoms with Gasteiger partial charge in [0.05, 0.1) is 4.90 Å². The smallest absolute Gasteiger partial charge is 0.228 e. The number of benzene rings is 3. The summed E-state index contributed by atoms with van der Waals surface area (Å²) in [6.45, 7) is 1.96. The van der Waals surface area contributed by atoms with Crippen molar-refractivity contribution in [2.45, 2.75) is 27.7 Å². The number of hydrogen-bond acceptors (Lipinski definition) is 5. The van der Waals surface area contributed by atoms with E-state index in [9.17, 15) is 12.8 Å². The van der Waals surface area contributed by atoms with Crippen molar-refractivity contribution in [3.63, 3.8) is 0 Å². The molecule has 0 saturated heterocycles. The van der Waals surface area contributed by atoms with Crippen LogP contribution in [0.25, 0.3) is 11.5 Å². The van der Waals surface area contributed by atoms with Crippen LogP contribution in [0.3, 0.4) is 0 Å². The maximum atomic E-state index is 14.0. The van der Waals surface area contributed by atoms with Gasteiger partial charge in [0.25, 0.3) is 0 Å². The molecule has 4 nitrogen and oxygen atoms in total. The Hall–Kier alpha value is -2.90. The molecular weight excluding hydrogens is 421 g/mol. The van der Waals surface area contributed by atoms with Gasteiger partial charge in [0.2, 0.25) is 25.8 Å². The number of halogens is 1. The van der Waals surface area contributed by atoms with Crippen LogP contribution >= 0.6 is 11.8 Å². The molecule has 0 N–H and O–H groups in total. The molecule has 7 heteroatoms. The summed E-state index contributed by atoms with van der Waals surface area (Å²) in [6, 6.07) is 21.9. The van der Waals surface area contributed by atoms with Gasteiger partial charge in [0, 0.05) is 11.3 Å². The molecule has 1 aromatic heterocycles. The van der Waals surface area contributed by atoms with Crippen molar-refractivity contribution < 1.29 is 17.2 Å². The summed E-state index contributed by atoms with van der Waals surface area (Å²) < 4.78 is 46.3. The standard InChI is InChI=1S/C23H18FNO3S2/c1-16-11-13-17(14-12-16)21-25-22(30(26,27)19-8-3-2-4-9-19)23(28-21)29-15-18-7-5-6-10-20(18)24/h2-14H,15H2,1H3. The van der Waals surface area contributed by atoms with Crippen LogP contribution in [0, 0.1) is 12.7 Å². The van der Waals surface area contributed by atoms with E-state index in [1.54, 1.807) is 36.4 Å². The Labute approximate surface area is 178 Å². The summed E-state index contributed by atoms with van der Waals surface area (Å²) >= 11 is 1.11. The fourth-order valence-electron chi connectivity index (χ4n) is 2.84. The van der Waals surface area contributed by atoms with E-state index >= 15 is 0 Å². The molecule has 30 heavy (non-hydrogen) atoms. The van der Waals surface area contributed by atoms with Gasteiger partial charge in [-0.2, -0.15) is 4.98 Å². The first-order chi connectivity index (χ1) is 14.4. The average Bonchev–Trinajstić information content (AvgIpc) is 3.19. The second-order valence-electron chi connectivity index (χ2n) is 6.67. The van der Waals surface area contributed by atoms with Gasteiger partial charge in [0.1, 0.15) is 5.82 Å². The van der Waals surface area contributed by atoms with E-state index < -0.39 is 9.84 Å². The molecule has 4 aromatic rings. The Morgan fingerprint density at radius 3 is 2.30 bits per heavy atom. The molecule has 1 heterocycles. The molecule has 0 aliphatic heterocycles. The fourth-order valence-corrected chi connectivity index (χ4v) is 5.38. The second kappa shape index (κ2) is 8.45. The van der Waals surface area contributed by atoms with Crippen molar-refractivity contribution in [3.05, 3.63) is 95.8 Å². The number of sulfone groups is 1. The van der Waals surface area contributed by atoms with Gasteiger partial charge in [-0.05, 0) is 42.8 Å². The van der Waals surface area contributed by atoms with Gasteiger partial charge in [-0.15, -0.1) is 0 Å². The van der Waals surface area contributed by atoms with Crippen molar-refractivity contribution in [1.29, 1.82) is 0 Å². The Bertz CT molecular complexity index is 1270. The van der Waals surface area contributed by atoms with Crippen molar-refractivity contribution >= 4 is 21.6 Å². The summed E-state index contributed by atoms with van der Waals surface area (Å²) in [5.41, 5.74) is 2.19. The normalized spacial score (nSPS) is 11.5. The monoisotopic (exact) mass is 439 g/mol. The first-order valence-corrected chi connectivity index (χ1v) is 11.7. The SMILES string of the molecule is Cc1ccc(-c2nc(S(=O)(=O)c3ccccc3)c(SCc3ccccc3F)o2)cc1. The van der Waals surface area contributed by atoms with E-state index in [4.69, 9.17) is 4.42 Å². The van der Waals surface area contributed by atoms with Crippen molar-refractivity contribution in [1.82, 2.24) is 4.98 Å². The van der Waals surface area contributed by atoms with Crippen molar-refractivity contribution in [2.75, 3.05) is 0 Å². The molecule has 0 aliphatic carbocycles. The molecular formula is C23H18FNO3S2. The van der Waals surface area contributed by atoms with Crippen LogP contribution in [-0.4, -0.2) is 13.4 Å². The highest BCUT2D eigenvalue weighted by Crippen LogP contribution is 2.36. The number of aromatic nitrogens is 1. The highest BCUT2D eigenvalue weighted by molar-refractivity contribution is 7.99. The second-order valence-corrected chi connectivity index (χ2v) is 9.49. The Morgan fingerprint density at radius 1 is 0.933 bits per heavy atom. The van der Waals surface area contributed by atoms with Crippen LogP contribution in [0.5, 0.6) is 0 Å². The van der Waals surface area contributed by atoms with Gasteiger partial charge in [-0.1, -0.05) is 65.9 Å². The lowest BCUT2D eigenvalue weighted by atomic mass is 10.1. The Balaban J connectivity index is 1.77. The zero-order chi connectivity index (χ0) is 21.1. The molecule has 0 atom stereocenters. The molecule has 0 bridgehead atoms. The van der Waals surface area contributed by atoms with Gasteiger partial charge in [-0.25, -0.2) is 12.8 Å². The number of nitrogens with zero attached hydrogens (tertiary/aromatic N) is 1. The lowest BCUT2D eigenvalue weighted by Gasteiger charge is -2.04. The maximum Gasteiger partial charge on any atom is 0.228 e. The highest BCUT2D eigenvalue weighted by atomic mass is 32.2. The third kappa shape index (κ3) is 4.17.